The maximum Gasteiger partial charge on any atom is 0.223 e. The Bertz CT molecular complexity index is 630. The zero-order chi connectivity index (χ0) is 16.1. The van der Waals surface area contributed by atoms with Crippen LogP contribution in [0.25, 0.3) is 0 Å². The van der Waals surface area contributed by atoms with Crippen molar-refractivity contribution in [3.8, 4) is 5.75 Å². The summed E-state index contributed by atoms with van der Waals surface area (Å²) in [6.07, 6.45) is 5.49. The minimum atomic E-state index is -0.115. The predicted molar refractivity (Wildman–Crippen MR) is 88.6 cm³/mol. The Balaban J connectivity index is 1.86. The molecule has 1 fully saturated rings. The van der Waals surface area contributed by atoms with Crippen LogP contribution in [-0.2, 0) is 4.79 Å². The number of hydrogen-bond acceptors (Lipinski definition) is 3. The lowest BCUT2D eigenvalue weighted by Crippen LogP contribution is -2.36. The molecule has 1 aromatic heterocycles. The maximum absolute atomic E-state index is 12.7. The summed E-state index contributed by atoms with van der Waals surface area (Å²) in [5.74, 6) is 1.67. The molecule has 122 valence electrons. The molecule has 4 nitrogen and oxygen atoms in total. The van der Waals surface area contributed by atoms with Crippen LogP contribution < -0.4 is 4.74 Å². The fourth-order valence-corrected chi connectivity index (χ4v) is 3.25. The third-order valence-corrected chi connectivity index (χ3v) is 4.49. The normalized spacial score (nSPS) is 16.1. The highest BCUT2D eigenvalue weighted by Crippen LogP contribution is 2.35. The highest BCUT2D eigenvalue weighted by Gasteiger charge is 2.26. The SMILES string of the molecule is COc1ccccc1C(CC(=O)N1CCCCC1)c1ccco1. The second-order valence-corrected chi connectivity index (χ2v) is 5.96. The van der Waals surface area contributed by atoms with Gasteiger partial charge in [0.2, 0.25) is 5.91 Å². The molecule has 0 bridgehead atoms. The van der Waals surface area contributed by atoms with E-state index in [1.807, 2.05) is 41.3 Å². The summed E-state index contributed by atoms with van der Waals surface area (Å²) in [5, 5.41) is 0. The standard InChI is InChI=1S/C19H23NO3/c1-22-17-9-4-3-8-15(17)16(18-10-7-13-23-18)14-19(21)20-11-5-2-6-12-20/h3-4,7-10,13,16H,2,5-6,11-12,14H2,1H3. The van der Waals surface area contributed by atoms with E-state index in [0.717, 1.165) is 43.0 Å². The number of carbonyl (C=O) groups excluding carboxylic acids is 1. The van der Waals surface area contributed by atoms with Crippen LogP contribution in [0, 0.1) is 0 Å². The smallest absolute Gasteiger partial charge is 0.223 e. The van der Waals surface area contributed by atoms with Gasteiger partial charge in [0.15, 0.2) is 0 Å². The molecule has 0 spiro atoms. The topological polar surface area (TPSA) is 42.7 Å². The predicted octanol–water partition coefficient (Wildman–Crippen LogP) is 3.82. The van der Waals surface area contributed by atoms with Crippen molar-refractivity contribution in [2.75, 3.05) is 20.2 Å². The molecule has 4 heteroatoms. The molecular formula is C19H23NO3. The van der Waals surface area contributed by atoms with Gasteiger partial charge in [0.05, 0.1) is 19.3 Å². The average Bonchev–Trinajstić information content (AvgIpc) is 3.14. The lowest BCUT2D eigenvalue weighted by molar-refractivity contribution is -0.132. The van der Waals surface area contributed by atoms with Crippen molar-refractivity contribution in [2.24, 2.45) is 0 Å². The first-order valence-corrected chi connectivity index (χ1v) is 8.23. The zero-order valence-electron chi connectivity index (χ0n) is 13.5. The number of amides is 1. The molecule has 1 unspecified atom stereocenters. The molecule has 2 aromatic rings. The maximum atomic E-state index is 12.7. The van der Waals surface area contributed by atoms with Gasteiger partial charge in [0, 0.05) is 25.1 Å². The van der Waals surface area contributed by atoms with Crippen LogP contribution >= 0.6 is 0 Å². The van der Waals surface area contributed by atoms with Crippen molar-refractivity contribution in [3.63, 3.8) is 0 Å². The Kier molecular flexibility index (Phi) is 5.01. The fourth-order valence-electron chi connectivity index (χ4n) is 3.25. The zero-order valence-corrected chi connectivity index (χ0v) is 13.5. The first-order valence-electron chi connectivity index (χ1n) is 8.23. The highest BCUT2D eigenvalue weighted by atomic mass is 16.5. The van der Waals surface area contributed by atoms with Crippen LogP contribution in [0.1, 0.15) is 42.9 Å². The summed E-state index contributed by atoms with van der Waals surface area (Å²) in [5.41, 5.74) is 0.996. The van der Waals surface area contributed by atoms with Gasteiger partial charge in [-0.15, -0.1) is 0 Å². The quantitative estimate of drug-likeness (QED) is 0.842. The Labute approximate surface area is 137 Å². The van der Waals surface area contributed by atoms with Gasteiger partial charge in [-0.25, -0.2) is 0 Å². The van der Waals surface area contributed by atoms with E-state index in [4.69, 9.17) is 9.15 Å². The van der Waals surface area contributed by atoms with Crippen LogP contribution in [0.15, 0.2) is 47.1 Å². The van der Waals surface area contributed by atoms with E-state index in [1.165, 1.54) is 6.42 Å². The van der Waals surface area contributed by atoms with Crippen molar-refractivity contribution < 1.29 is 13.9 Å². The number of para-hydroxylation sites is 1. The number of ether oxygens (including phenoxy) is 1. The number of nitrogens with zero attached hydrogens (tertiary/aromatic N) is 1. The summed E-state index contributed by atoms with van der Waals surface area (Å²) in [7, 11) is 1.66. The Morgan fingerprint density at radius 2 is 1.96 bits per heavy atom. The van der Waals surface area contributed by atoms with E-state index in [9.17, 15) is 4.79 Å². The highest BCUT2D eigenvalue weighted by molar-refractivity contribution is 5.78. The van der Waals surface area contributed by atoms with Gasteiger partial charge in [-0.3, -0.25) is 4.79 Å². The van der Waals surface area contributed by atoms with E-state index < -0.39 is 0 Å². The largest absolute Gasteiger partial charge is 0.496 e. The first kappa shape index (κ1) is 15.7. The van der Waals surface area contributed by atoms with Crippen LogP contribution in [0.4, 0.5) is 0 Å². The lowest BCUT2D eigenvalue weighted by atomic mass is 9.91. The molecule has 1 atom stereocenters. The van der Waals surface area contributed by atoms with Crippen LogP contribution in [0.3, 0.4) is 0 Å². The number of hydrogen-bond donors (Lipinski definition) is 0. The molecule has 0 saturated carbocycles. The number of furan rings is 1. The van der Waals surface area contributed by atoms with Crippen molar-refractivity contribution in [2.45, 2.75) is 31.6 Å². The van der Waals surface area contributed by atoms with E-state index in [1.54, 1.807) is 13.4 Å². The molecule has 1 amide bonds. The second-order valence-electron chi connectivity index (χ2n) is 5.96. The van der Waals surface area contributed by atoms with E-state index >= 15 is 0 Å². The molecular weight excluding hydrogens is 290 g/mol. The number of rotatable bonds is 5. The summed E-state index contributed by atoms with van der Waals surface area (Å²) in [6.45, 7) is 1.74. The lowest BCUT2D eigenvalue weighted by Gasteiger charge is -2.28. The van der Waals surface area contributed by atoms with Crippen molar-refractivity contribution in [1.29, 1.82) is 0 Å². The number of piperidine rings is 1. The average molecular weight is 313 g/mol. The van der Waals surface area contributed by atoms with Crippen molar-refractivity contribution in [3.05, 3.63) is 54.0 Å². The van der Waals surface area contributed by atoms with Crippen LogP contribution in [0.5, 0.6) is 5.75 Å². The van der Waals surface area contributed by atoms with Crippen molar-refractivity contribution >= 4 is 5.91 Å². The molecule has 23 heavy (non-hydrogen) atoms. The summed E-state index contributed by atoms with van der Waals surface area (Å²) < 4.78 is 11.1. The minimum Gasteiger partial charge on any atom is -0.496 e. The van der Waals surface area contributed by atoms with Crippen molar-refractivity contribution in [1.82, 2.24) is 4.90 Å². The van der Waals surface area contributed by atoms with Gasteiger partial charge in [0.1, 0.15) is 11.5 Å². The van der Waals surface area contributed by atoms with Gasteiger partial charge in [0.25, 0.3) is 0 Å². The van der Waals surface area contributed by atoms with Gasteiger partial charge in [-0.05, 0) is 37.5 Å². The summed E-state index contributed by atoms with van der Waals surface area (Å²) in [4.78, 5) is 14.7. The molecule has 2 heterocycles. The Morgan fingerprint density at radius 3 is 2.65 bits per heavy atom. The summed E-state index contributed by atoms with van der Waals surface area (Å²) >= 11 is 0. The fraction of sp³-hybridized carbons (Fsp3) is 0.421. The number of likely N-dealkylation sites (tertiary alicyclic amines) is 1. The minimum absolute atomic E-state index is 0.115. The van der Waals surface area contributed by atoms with Crippen LogP contribution in [-0.4, -0.2) is 31.0 Å². The molecule has 1 saturated heterocycles. The molecule has 0 radical (unpaired) electrons. The number of methoxy groups -OCH3 is 1. The van der Waals surface area contributed by atoms with Gasteiger partial charge in [-0.1, -0.05) is 18.2 Å². The van der Waals surface area contributed by atoms with Crippen LogP contribution in [0.2, 0.25) is 0 Å². The Hall–Kier alpha value is -2.23. The van der Waals surface area contributed by atoms with E-state index in [2.05, 4.69) is 0 Å². The molecule has 3 rings (SSSR count). The molecule has 1 aliphatic rings. The monoisotopic (exact) mass is 313 g/mol. The third-order valence-electron chi connectivity index (χ3n) is 4.49. The number of carbonyl (C=O) groups is 1. The molecule has 1 aromatic carbocycles. The summed E-state index contributed by atoms with van der Waals surface area (Å²) in [6, 6.07) is 11.6. The second kappa shape index (κ2) is 7.36. The molecule has 0 N–H and O–H groups in total. The van der Waals surface area contributed by atoms with Gasteiger partial charge in [-0.2, -0.15) is 0 Å². The van der Waals surface area contributed by atoms with Gasteiger partial charge >= 0.3 is 0 Å². The van der Waals surface area contributed by atoms with Gasteiger partial charge < -0.3 is 14.1 Å². The third kappa shape index (κ3) is 3.58. The molecule has 0 aliphatic carbocycles. The Morgan fingerprint density at radius 1 is 1.17 bits per heavy atom. The van der Waals surface area contributed by atoms with E-state index in [-0.39, 0.29) is 11.8 Å². The van der Waals surface area contributed by atoms with E-state index in [0.29, 0.717) is 6.42 Å². The first-order chi connectivity index (χ1) is 11.3. The molecule has 1 aliphatic heterocycles. The number of benzene rings is 1.